The van der Waals surface area contributed by atoms with Gasteiger partial charge in [-0.2, -0.15) is 13.2 Å². The fourth-order valence-electron chi connectivity index (χ4n) is 2.41. The van der Waals surface area contributed by atoms with Gasteiger partial charge in [-0.3, -0.25) is 4.79 Å². The number of anilines is 1. The molecule has 19 heavy (non-hydrogen) atoms. The smallest absolute Gasteiger partial charge is 0.381 e. The highest BCUT2D eigenvalue weighted by Gasteiger charge is 2.46. The standard InChI is InChI=1S/C13H15F3N2O/c1-7(12(17)19)11-6-9(13(14,15)16)8-4-2-3-5-10(8)18-11/h2-5,7,9,11,18H,6H2,1H3,(H2,17,19). The average Bonchev–Trinajstić information content (AvgIpc) is 2.35. The van der Waals surface area contributed by atoms with Gasteiger partial charge in [0.1, 0.15) is 0 Å². The van der Waals surface area contributed by atoms with Crippen LogP contribution in [0.1, 0.15) is 24.8 Å². The molecule has 0 bridgehead atoms. The maximum absolute atomic E-state index is 13.1. The number of benzene rings is 1. The molecule has 0 aromatic heterocycles. The molecule has 6 heteroatoms. The topological polar surface area (TPSA) is 55.1 Å². The van der Waals surface area contributed by atoms with Gasteiger partial charge in [0.05, 0.1) is 11.8 Å². The fourth-order valence-corrected chi connectivity index (χ4v) is 2.41. The summed E-state index contributed by atoms with van der Waals surface area (Å²) in [6, 6.07) is 5.70. The van der Waals surface area contributed by atoms with Crippen LogP contribution in [0.5, 0.6) is 0 Å². The van der Waals surface area contributed by atoms with Gasteiger partial charge < -0.3 is 11.1 Å². The lowest BCUT2D eigenvalue weighted by molar-refractivity contribution is -0.154. The zero-order chi connectivity index (χ0) is 14.2. The summed E-state index contributed by atoms with van der Waals surface area (Å²) in [7, 11) is 0. The number of amides is 1. The van der Waals surface area contributed by atoms with Crippen molar-refractivity contribution in [3.63, 3.8) is 0 Å². The number of carbonyl (C=O) groups is 1. The Morgan fingerprint density at radius 3 is 2.63 bits per heavy atom. The molecule has 0 saturated heterocycles. The number of hydrogen-bond acceptors (Lipinski definition) is 2. The minimum Gasteiger partial charge on any atom is -0.381 e. The largest absolute Gasteiger partial charge is 0.395 e. The first-order valence-electron chi connectivity index (χ1n) is 6.02. The highest BCUT2D eigenvalue weighted by atomic mass is 19.4. The summed E-state index contributed by atoms with van der Waals surface area (Å²) in [5, 5.41) is 2.98. The van der Waals surface area contributed by atoms with Crippen LogP contribution in [0.3, 0.4) is 0 Å². The lowest BCUT2D eigenvalue weighted by Crippen LogP contribution is -2.42. The number of hydrogen-bond donors (Lipinski definition) is 2. The summed E-state index contributed by atoms with van der Waals surface area (Å²) < 4.78 is 39.3. The molecule has 0 spiro atoms. The third-order valence-corrected chi connectivity index (χ3v) is 3.61. The summed E-state index contributed by atoms with van der Waals surface area (Å²) in [6.45, 7) is 1.54. The van der Waals surface area contributed by atoms with E-state index in [2.05, 4.69) is 5.32 Å². The van der Waals surface area contributed by atoms with E-state index in [1.165, 1.54) is 6.07 Å². The first-order valence-corrected chi connectivity index (χ1v) is 6.02. The molecule has 0 radical (unpaired) electrons. The summed E-state index contributed by atoms with van der Waals surface area (Å²) in [6.07, 6.45) is -4.50. The van der Waals surface area contributed by atoms with Gasteiger partial charge in [0.15, 0.2) is 0 Å². The minimum absolute atomic E-state index is 0.176. The van der Waals surface area contributed by atoms with Gasteiger partial charge in [0.2, 0.25) is 5.91 Å². The molecule has 1 heterocycles. The van der Waals surface area contributed by atoms with Crippen molar-refractivity contribution in [1.82, 2.24) is 0 Å². The number of nitrogens with two attached hydrogens (primary N) is 1. The van der Waals surface area contributed by atoms with E-state index in [-0.39, 0.29) is 12.0 Å². The van der Waals surface area contributed by atoms with Crippen molar-refractivity contribution in [2.45, 2.75) is 31.5 Å². The fraction of sp³-hybridized carbons (Fsp3) is 0.462. The monoisotopic (exact) mass is 272 g/mol. The zero-order valence-corrected chi connectivity index (χ0v) is 10.4. The second-order valence-corrected chi connectivity index (χ2v) is 4.86. The van der Waals surface area contributed by atoms with Crippen molar-refractivity contribution in [1.29, 1.82) is 0 Å². The molecule has 104 valence electrons. The van der Waals surface area contributed by atoms with Crippen molar-refractivity contribution in [3.05, 3.63) is 29.8 Å². The predicted molar refractivity (Wildman–Crippen MR) is 65.6 cm³/mol. The van der Waals surface area contributed by atoms with Gasteiger partial charge >= 0.3 is 6.18 Å². The molecule has 3 unspecified atom stereocenters. The Hall–Kier alpha value is -1.72. The van der Waals surface area contributed by atoms with Gasteiger partial charge in [-0.1, -0.05) is 25.1 Å². The number of halogens is 3. The second-order valence-electron chi connectivity index (χ2n) is 4.86. The first kappa shape index (κ1) is 13.7. The number of fused-ring (bicyclic) bond motifs is 1. The Morgan fingerprint density at radius 1 is 1.42 bits per heavy atom. The SMILES string of the molecule is CC(C(N)=O)C1CC(C(F)(F)F)c2ccccc2N1. The molecule has 0 aliphatic carbocycles. The van der Waals surface area contributed by atoms with Crippen LogP contribution < -0.4 is 11.1 Å². The number of rotatable bonds is 2. The van der Waals surface area contributed by atoms with Crippen LogP contribution in [-0.4, -0.2) is 18.1 Å². The van der Waals surface area contributed by atoms with E-state index in [1.54, 1.807) is 25.1 Å². The van der Waals surface area contributed by atoms with Crippen LogP contribution in [0.25, 0.3) is 0 Å². The molecule has 0 saturated carbocycles. The van der Waals surface area contributed by atoms with Crippen LogP contribution in [0, 0.1) is 5.92 Å². The van der Waals surface area contributed by atoms with Crippen molar-refractivity contribution in [2.75, 3.05) is 5.32 Å². The molecule has 0 fully saturated rings. The van der Waals surface area contributed by atoms with Gasteiger partial charge in [-0.05, 0) is 18.1 Å². The van der Waals surface area contributed by atoms with E-state index >= 15 is 0 Å². The van der Waals surface area contributed by atoms with Gasteiger partial charge in [0.25, 0.3) is 0 Å². The van der Waals surface area contributed by atoms with Crippen molar-refractivity contribution in [3.8, 4) is 0 Å². The Balaban J connectivity index is 2.37. The van der Waals surface area contributed by atoms with Crippen molar-refractivity contribution in [2.24, 2.45) is 11.7 Å². The van der Waals surface area contributed by atoms with E-state index in [4.69, 9.17) is 5.73 Å². The van der Waals surface area contributed by atoms with Crippen molar-refractivity contribution >= 4 is 11.6 Å². The normalized spacial score (nSPS) is 24.2. The van der Waals surface area contributed by atoms with Crippen LogP contribution in [0.15, 0.2) is 24.3 Å². The highest BCUT2D eigenvalue weighted by molar-refractivity contribution is 5.78. The van der Waals surface area contributed by atoms with E-state index in [9.17, 15) is 18.0 Å². The van der Waals surface area contributed by atoms with E-state index in [0.717, 1.165) is 0 Å². The molecule has 1 aliphatic rings. The predicted octanol–water partition coefficient (Wildman–Crippen LogP) is 2.64. The molecule has 1 amide bonds. The van der Waals surface area contributed by atoms with E-state index in [1.807, 2.05) is 0 Å². The van der Waals surface area contributed by atoms with E-state index < -0.39 is 30.0 Å². The van der Waals surface area contributed by atoms with Gasteiger partial charge in [0, 0.05) is 11.7 Å². The summed E-state index contributed by atoms with van der Waals surface area (Å²) in [5.41, 5.74) is 5.83. The Morgan fingerprint density at radius 2 is 2.05 bits per heavy atom. The third kappa shape index (κ3) is 2.67. The lowest BCUT2D eigenvalue weighted by atomic mass is 9.82. The molecule has 3 nitrogen and oxygen atoms in total. The Bertz CT molecular complexity index is 487. The zero-order valence-electron chi connectivity index (χ0n) is 10.4. The summed E-state index contributed by atoms with van der Waals surface area (Å²) in [5.74, 6) is -2.81. The maximum Gasteiger partial charge on any atom is 0.395 e. The summed E-state index contributed by atoms with van der Waals surface area (Å²) in [4.78, 5) is 11.2. The number of alkyl halides is 3. The Labute approximate surface area is 109 Å². The van der Waals surface area contributed by atoms with Crippen LogP contribution >= 0.6 is 0 Å². The molecular formula is C13H15F3N2O. The second kappa shape index (κ2) is 4.75. The molecule has 3 atom stereocenters. The number of carbonyl (C=O) groups excluding carboxylic acids is 1. The maximum atomic E-state index is 13.1. The van der Waals surface area contributed by atoms with Crippen LogP contribution in [0.4, 0.5) is 18.9 Å². The third-order valence-electron chi connectivity index (χ3n) is 3.61. The molecule has 1 aromatic rings. The van der Waals surface area contributed by atoms with Gasteiger partial charge in [-0.15, -0.1) is 0 Å². The average molecular weight is 272 g/mol. The lowest BCUT2D eigenvalue weighted by Gasteiger charge is -2.36. The van der Waals surface area contributed by atoms with Crippen LogP contribution in [0.2, 0.25) is 0 Å². The Kier molecular flexibility index (Phi) is 3.43. The molecule has 1 aliphatic heterocycles. The number of para-hydroxylation sites is 1. The van der Waals surface area contributed by atoms with Gasteiger partial charge in [-0.25, -0.2) is 0 Å². The number of nitrogens with one attached hydrogen (secondary N) is 1. The first-order chi connectivity index (χ1) is 8.80. The van der Waals surface area contributed by atoms with E-state index in [0.29, 0.717) is 5.69 Å². The molecule has 3 N–H and O–H groups in total. The quantitative estimate of drug-likeness (QED) is 0.869. The number of primary amides is 1. The van der Waals surface area contributed by atoms with Crippen molar-refractivity contribution < 1.29 is 18.0 Å². The van der Waals surface area contributed by atoms with Crippen LogP contribution in [-0.2, 0) is 4.79 Å². The summed E-state index contributed by atoms with van der Waals surface area (Å²) >= 11 is 0. The molecule has 1 aromatic carbocycles. The highest BCUT2D eigenvalue weighted by Crippen LogP contribution is 2.45. The molecule has 2 rings (SSSR count). The minimum atomic E-state index is -4.33. The molecular weight excluding hydrogens is 257 g/mol.